The summed E-state index contributed by atoms with van der Waals surface area (Å²) in [6, 6.07) is 13.1. The van der Waals surface area contributed by atoms with Crippen LogP contribution in [-0.4, -0.2) is 24.0 Å². The van der Waals surface area contributed by atoms with Gasteiger partial charge in [-0.05, 0) is 37.6 Å². The lowest BCUT2D eigenvalue weighted by molar-refractivity contribution is -0.385. The molecular formula is C18H20N2O5. The predicted molar refractivity (Wildman–Crippen MR) is 92.8 cm³/mol. The lowest BCUT2D eigenvalue weighted by atomic mass is 10.1. The number of rotatable bonds is 8. The Hall–Kier alpha value is -3.09. The molecule has 0 aromatic heterocycles. The molecule has 7 heteroatoms. The molecule has 25 heavy (non-hydrogen) atoms. The Morgan fingerprint density at radius 1 is 1.16 bits per heavy atom. The second-order valence-electron chi connectivity index (χ2n) is 5.30. The summed E-state index contributed by atoms with van der Waals surface area (Å²) in [4.78, 5) is 22.4. The first-order chi connectivity index (χ1) is 12.0. The van der Waals surface area contributed by atoms with Gasteiger partial charge in [0.1, 0.15) is 5.75 Å². The van der Waals surface area contributed by atoms with Crippen LogP contribution in [0.25, 0.3) is 0 Å². The molecular weight excluding hydrogens is 324 g/mol. The molecule has 2 aromatic carbocycles. The first kappa shape index (κ1) is 18.3. The third-order valence-corrected chi connectivity index (χ3v) is 3.49. The summed E-state index contributed by atoms with van der Waals surface area (Å²) >= 11 is 0. The Balaban J connectivity index is 1.90. The Morgan fingerprint density at radius 3 is 2.48 bits per heavy atom. The van der Waals surface area contributed by atoms with Crippen molar-refractivity contribution in [3.8, 4) is 11.5 Å². The van der Waals surface area contributed by atoms with Gasteiger partial charge in [0.15, 0.2) is 12.4 Å². The van der Waals surface area contributed by atoms with E-state index < -0.39 is 4.92 Å². The number of nitrogens with zero attached hydrogens (tertiary/aromatic N) is 1. The second-order valence-corrected chi connectivity index (χ2v) is 5.30. The molecule has 0 heterocycles. The van der Waals surface area contributed by atoms with Crippen molar-refractivity contribution in [2.75, 3.05) is 13.2 Å². The van der Waals surface area contributed by atoms with E-state index in [1.54, 1.807) is 12.1 Å². The summed E-state index contributed by atoms with van der Waals surface area (Å²) in [7, 11) is 0. The first-order valence-corrected chi connectivity index (χ1v) is 7.89. The average Bonchev–Trinajstić information content (AvgIpc) is 2.61. The lowest BCUT2D eigenvalue weighted by Crippen LogP contribution is -2.31. The van der Waals surface area contributed by atoms with Crippen LogP contribution in [0.1, 0.15) is 25.5 Å². The molecule has 0 bridgehead atoms. The molecule has 1 unspecified atom stereocenters. The molecule has 0 aliphatic heterocycles. The van der Waals surface area contributed by atoms with Gasteiger partial charge < -0.3 is 14.8 Å². The van der Waals surface area contributed by atoms with Gasteiger partial charge in [0.25, 0.3) is 5.91 Å². The fourth-order valence-electron chi connectivity index (χ4n) is 2.26. The summed E-state index contributed by atoms with van der Waals surface area (Å²) < 4.78 is 10.7. The smallest absolute Gasteiger partial charge is 0.310 e. The van der Waals surface area contributed by atoms with Crippen LogP contribution in [0.15, 0.2) is 48.5 Å². The van der Waals surface area contributed by atoms with Crippen LogP contribution in [0.3, 0.4) is 0 Å². The third-order valence-electron chi connectivity index (χ3n) is 3.49. The zero-order chi connectivity index (χ0) is 18.2. The van der Waals surface area contributed by atoms with Crippen molar-refractivity contribution in [3.05, 3.63) is 64.2 Å². The number of carbonyl (C=O) groups is 1. The molecule has 2 aromatic rings. The summed E-state index contributed by atoms with van der Waals surface area (Å²) in [5.41, 5.74) is 0.748. The van der Waals surface area contributed by atoms with Crippen molar-refractivity contribution in [1.29, 1.82) is 0 Å². The van der Waals surface area contributed by atoms with E-state index in [2.05, 4.69) is 5.32 Å². The van der Waals surface area contributed by atoms with Crippen molar-refractivity contribution in [2.45, 2.75) is 19.9 Å². The number of nitro groups is 1. The van der Waals surface area contributed by atoms with Crippen LogP contribution in [-0.2, 0) is 4.79 Å². The molecule has 1 amide bonds. The van der Waals surface area contributed by atoms with E-state index in [4.69, 9.17) is 9.47 Å². The van der Waals surface area contributed by atoms with Crippen molar-refractivity contribution >= 4 is 11.6 Å². The Morgan fingerprint density at radius 2 is 1.84 bits per heavy atom. The topological polar surface area (TPSA) is 90.7 Å². The van der Waals surface area contributed by atoms with E-state index in [0.29, 0.717) is 6.61 Å². The quantitative estimate of drug-likeness (QED) is 0.586. The van der Waals surface area contributed by atoms with Gasteiger partial charge in [0.05, 0.1) is 17.6 Å². The summed E-state index contributed by atoms with van der Waals surface area (Å²) in [5.74, 6) is 0.473. The standard InChI is InChI=1S/C18H20N2O5/c1-3-24-15-10-8-14(9-11-15)13(2)19-18(21)12-25-17-7-5-4-6-16(17)20(22)23/h4-11,13H,3,12H2,1-2H3,(H,19,21). The molecule has 0 spiro atoms. The van der Waals surface area contributed by atoms with Gasteiger partial charge in [-0.3, -0.25) is 14.9 Å². The molecule has 0 aliphatic rings. The van der Waals surface area contributed by atoms with E-state index in [9.17, 15) is 14.9 Å². The number of ether oxygens (including phenoxy) is 2. The van der Waals surface area contributed by atoms with Crippen LogP contribution in [0, 0.1) is 10.1 Å². The van der Waals surface area contributed by atoms with Gasteiger partial charge in [0, 0.05) is 6.07 Å². The van der Waals surface area contributed by atoms with Gasteiger partial charge in [-0.25, -0.2) is 0 Å². The van der Waals surface area contributed by atoms with Crippen molar-refractivity contribution < 1.29 is 19.2 Å². The van der Waals surface area contributed by atoms with Gasteiger partial charge in [-0.15, -0.1) is 0 Å². The highest BCUT2D eigenvalue weighted by Gasteiger charge is 2.16. The van der Waals surface area contributed by atoms with E-state index in [1.165, 1.54) is 12.1 Å². The number of benzene rings is 2. The minimum absolute atomic E-state index is 0.0661. The van der Waals surface area contributed by atoms with Gasteiger partial charge >= 0.3 is 5.69 Å². The van der Waals surface area contributed by atoms with E-state index in [1.807, 2.05) is 38.1 Å². The molecule has 0 saturated carbocycles. The predicted octanol–water partition coefficient (Wildman–Crippen LogP) is 3.25. The van der Waals surface area contributed by atoms with Crippen molar-refractivity contribution in [1.82, 2.24) is 5.32 Å². The minimum Gasteiger partial charge on any atom is -0.494 e. The highest BCUT2D eigenvalue weighted by Crippen LogP contribution is 2.25. The van der Waals surface area contributed by atoms with Crippen molar-refractivity contribution in [3.63, 3.8) is 0 Å². The average molecular weight is 344 g/mol. The zero-order valence-electron chi connectivity index (χ0n) is 14.1. The van der Waals surface area contributed by atoms with E-state index >= 15 is 0 Å². The van der Waals surface area contributed by atoms with E-state index in [-0.39, 0.29) is 30.0 Å². The molecule has 1 atom stereocenters. The maximum Gasteiger partial charge on any atom is 0.310 e. The lowest BCUT2D eigenvalue weighted by Gasteiger charge is -2.15. The van der Waals surface area contributed by atoms with Gasteiger partial charge in [-0.2, -0.15) is 0 Å². The Kier molecular flexibility index (Phi) is 6.33. The number of nitrogens with one attached hydrogen (secondary N) is 1. The maximum atomic E-state index is 12.0. The number of amides is 1. The number of para-hydroxylation sites is 2. The zero-order valence-corrected chi connectivity index (χ0v) is 14.1. The SMILES string of the molecule is CCOc1ccc(C(C)NC(=O)COc2ccccc2[N+](=O)[O-])cc1. The third kappa shape index (κ3) is 5.20. The number of nitro benzene ring substituents is 1. The summed E-state index contributed by atoms with van der Waals surface area (Å²) in [5, 5.41) is 13.7. The first-order valence-electron chi connectivity index (χ1n) is 7.89. The summed E-state index contributed by atoms with van der Waals surface area (Å²) in [6.07, 6.45) is 0. The maximum absolute atomic E-state index is 12.0. The molecule has 1 N–H and O–H groups in total. The number of carbonyl (C=O) groups excluding carboxylic acids is 1. The molecule has 0 aliphatic carbocycles. The van der Waals surface area contributed by atoms with Gasteiger partial charge in [-0.1, -0.05) is 24.3 Å². The highest BCUT2D eigenvalue weighted by molar-refractivity contribution is 5.78. The second kappa shape index (κ2) is 8.68. The van der Waals surface area contributed by atoms with Crippen LogP contribution in [0.5, 0.6) is 11.5 Å². The molecule has 132 valence electrons. The fourth-order valence-corrected chi connectivity index (χ4v) is 2.26. The Labute approximate surface area is 145 Å². The monoisotopic (exact) mass is 344 g/mol. The van der Waals surface area contributed by atoms with Gasteiger partial charge in [0.2, 0.25) is 0 Å². The summed E-state index contributed by atoms with van der Waals surface area (Å²) in [6.45, 7) is 4.05. The van der Waals surface area contributed by atoms with Crippen LogP contribution < -0.4 is 14.8 Å². The fraction of sp³-hybridized carbons (Fsp3) is 0.278. The number of hydrogen-bond acceptors (Lipinski definition) is 5. The highest BCUT2D eigenvalue weighted by atomic mass is 16.6. The van der Waals surface area contributed by atoms with Crippen LogP contribution in [0.2, 0.25) is 0 Å². The Bertz CT molecular complexity index is 731. The van der Waals surface area contributed by atoms with E-state index in [0.717, 1.165) is 11.3 Å². The molecule has 0 saturated heterocycles. The largest absolute Gasteiger partial charge is 0.494 e. The molecule has 0 radical (unpaired) electrons. The number of hydrogen-bond donors (Lipinski definition) is 1. The minimum atomic E-state index is -0.546. The normalized spacial score (nSPS) is 11.4. The molecule has 0 fully saturated rings. The van der Waals surface area contributed by atoms with Crippen LogP contribution >= 0.6 is 0 Å². The van der Waals surface area contributed by atoms with Crippen molar-refractivity contribution in [2.24, 2.45) is 0 Å². The molecule has 7 nitrogen and oxygen atoms in total. The molecule has 2 rings (SSSR count). The van der Waals surface area contributed by atoms with Crippen LogP contribution in [0.4, 0.5) is 5.69 Å².